The molecule has 0 saturated carbocycles. The maximum absolute atomic E-state index is 13.4. The van der Waals surface area contributed by atoms with Crippen LogP contribution in [0.3, 0.4) is 0 Å². The molecule has 0 spiro atoms. The van der Waals surface area contributed by atoms with Crippen LogP contribution >= 0.6 is 0 Å². The Morgan fingerprint density at radius 1 is 0.960 bits per heavy atom. The lowest BCUT2D eigenvalue weighted by atomic mass is 9.96. The lowest BCUT2D eigenvalue weighted by Crippen LogP contribution is -2.27. The topological polar surface area (TPSA) is 3.24 Å². The van der Waals surface area contributed by atoms with Crippen molar-refractivity contribution in [2.45, 2.75) is 85.9 Å². The van der Waals surface area contributed by atoms with Crippen molar-refractivity contribution in [3.8, 4) is 0 Å². The molecular weight excluding hydrogens is 323 g/mol. The van der Waals surface area contributed by atoms with Crippen LogP contribution in [0.1, 0.15) is 89.8 Å². The summed E-state index contributed by atoms with van der Waals surface area (Å²) < 4.78 is 40.2. The number of hydrogen-bond donors (Lipinski definition) is 0. The van der Waals surface area contributed by atoms with Crippen LogP contribution in [0.15, 0.2) is 18.2 Å². The van der Waals surface area contributed by atoms with Crippen molar-refractivity contribution in [2.75, 3.05) is 13.1 Å². The lowest BCUT2D eigenvalue weighted by molar-refractivity contribution is -0.138. The van der Waals surface area contributed by atoms with Crippen LogP contribution in [0.5, 0.6) is 0 Å². The van der Waals surface area contributed by atoms with E-state index in [1.165, 1.54) is 6.07 Å². The van der Waals surface area contributed by atoms with Crippen LogP contribution in [0, 0.1) is 0 Å². The van der Waals surface area contributed by atoms with Crippen LogP contribution in [0.2, 0.25) is 0 Å². The zero-order valence-electron chi connectivity index (χ0n) is 16.8. The van der Waals surface area contributed by atoms with Gasteiger partial charge in [0.25, 0.3) is 0 Å². The molecule has 25 heavy (non-hydrogen) atoms. The molecule has 0 aliphatic rings. The standard InChI is InChI=1S/C19H30F3N.C2H6/c1-5-7-8-12-23(11-6-2)14-17-10-9-16(15(3)4)13-18(17)19(20,21)22;1-2/h9-10,13,15H,5-8,11-12,14H2,1-4H3;1-2H3. The van der Waals surface area contributed by atoms with Crippen molar-refractivity contribution in [3.05, 3.63) is 34.9 Å². The Kier molecular flexibility index (Phi) is 11.8. The van der Waals surface area contributed by atoms with Gasteiger partial charge in [0.05, 0.1) is 5.56 Å². The molecule has 0 amide bonds. The quantitative estimate of drug-likeness (QED) is 0.419. The SMILES string of the molecule is CC.CCCCCN(CCC)Cc1ccc(C(C)C)cc1C(F)(F)F. The summed E-state index contributed by atoms with van der Waals surface area (Å²) in [6.07, 6.45) is -0.0451. The van der Waals surface area contributed by atoms with Gasteiger partial charge in [0.15, 0.2) is 0 Å². The Labute approximate surface area is 152 Å². The van der Waals surface area contributed by atoms with Gasteiger partial charge in [-0.2, -0.15) is 13.2 Å². The molecule has 4 heteroatoms. The van der Waals surface area contributed by atoms with Crippen molar-refractivity contribution in [1.82, 2.24) is 4.90 Å². The third-order valence-corrected chi connectivity index (χ3v) is 4.12. The fourth-order valence-electron chi connectivity index (χ4n) is 2.77. The summed E-state index contributed by atoms with van der Waals surface area (Å²) in [6, 6.07) is 4.84. The minimum absolute atomic E-state index is 0.0986. The van der Waals surface area contributed by atoms with Gasteiger partial charge in [-0.25, -0.2) is 0 Å². The molecule has 0 aliphatic carbocycles. The molecule has 1 rings (SSSR count). The molecular formula is C21H36F3N. The molecule has 1 aromatic rings. The summed E-state index contributed by atoms with van der Waals surface area (Å²) in [6.45, 7) is 14.1. The van der Waals surface area contributed by atoms with Crippen LogP contribution < -0.4 is 0 Å². The largest absolute Gasteiger partial charge is 0.416 e. The number of rotatable bonds is 9. The molecule has 1 aromatic carbocycles. The number of unbranched alkanes of at least 4 members (excludes halogenated alkanes) is 2. The van der Waals surface area contributed by atoms with Gasteiger partial charge in [0.2, 0.25) is 0 Å². The maximum atomic E-state index is 13.4. The van der Waals surface area contributed by atoms with Crippen molar-refractivity contribution in [3.63, 3.8) is 0 Å². The van der Waals surface area contributed by atoms with Gasteiger partial charge in [-0.15, -0.1) is 0 Å². The van der Waals surface area contributed by atoms with E-state index < -0.39 is 11.7 Å². The second-order valence-electron chi connectivity index (χ2n) is 6.55. The highest BCUT2D eigenvalue weighted by Crippen LogP contribution is 2.34. The minimum Gasteiger partial charge on any atom is -0.299 e. The van der Waals surface area contributed by atoms with E-state index in [1.807, 2.05) is 33.8 Å². The predicted molar refractivity (Wildman–Crippen MR) is 102 cm³/mol. The average molecular weight is 360 g/mol. The van der Waals surface area contributed by atoms with Gasteiger partial charge < -0.3 is 0 Å². The van der Waals surface area contributed by atoms with E-state index in [0.717, 1.165) is 44.3 Å². The fourth-order valence-corrected chi connectivity index (χ4v) is 2.77. The van der Waals surface area contributed by atoms with E-state index in [-0.39, 0.29) is 5.92 Å². The summed E-state index contributed by atoms with van der Waals surface area (Å²) in [7, 11) is 0. The Hall–Kier alpha value is -1.03. The summed E-state index contributed by atoms with van der Waals surface area (Å²) in [5.41, 5.74) is 0.668. The van der Waals surface area contributed by atoms with Gasteiger partial charge >= 0.3 is 6.18 Å². The Morgan fingerprint density at radius 3 is 2.08 bits per heavy atom. The van der Waals surface area contributed by atoms with Crippen molar-refractivity contribution >= 4 is 0 Å². The minimum atomic E-state index is -4.29. The number of hydrogen-bond acceptors (Lipinski definition) is 1. The second-order valence-corrected chi connectivity index (χ2v) is 6.55. The first-order chi connectivity index (χ1) is 11.8. The summed E-state index contributed by atoms with van der Waals surface area (Å²) in [4.78, 5) is 2.15. The van der Waals surface area contributed by atoms with Crippen LogP contribution in [0.25, 0.3) is 0 Å². The first-order valence-corrected chi connectivity index (χ1v) is 9.71. The third kappa shape index (κ3) is 8.75. The maximum Gasteiger partial charge on any atom is 0.416 e. The van der Waals surface area contributed by atoms with E-state index in [2.05, 4.69) is 18.7 Å². The summed E-state index contributed by atoms with van der Waals surface area (Å²) >= 11 is 0. The average Bonchev–Trinajstić information content (AvgIpc) is 2.56. The molecule has 0 aliphatic heterocycles. The highest BCUT2D eigenvalue weighted by molar-refractivity contribution is 5.35. The second kappa shape index (κ2) is 12.3. The molecule has 146 valence electrons. The summed E-state index contributed by atoms with van der Waals surface area (Å²) in [5.74, 6) is 0.0986. The molecule has 0 radical (unpaired) electrons. The van der Waals surface area contributed by atoms with Crippen LogP contribution in [-0.4, -0.2) is 18.0 Å². The molecule has 0 heterocycles. The molecule has 0 saturated heterocycles. The third-order valence-electron chi connectivity index (χ3n) is 4.12. The van der Waals surface area contributed by atoms with E-state index in [0.29, 0.717) is 12.1 Å². The molecule has 0 aromatic heterocycles. The van der Waals surface area contributed by atoms with Crippen molar-refractivity contribution in [1.29, 1.82) is 0 Å². The number of alkyl halides is 3. The molecule has 0 N–H and O–H groups in total. The summed E-state index contributed by atoms with van der Waals surface area (Å²) in [5, 5.41) is 0. The molecule has 0 fully saturated rings. The van der Waals surface area contributed by atoms with Gasteiger partial charge in [-0.1, -0.05) is 66.5 Å². The first kappa shape index (κ1) is 24.0. The van der Waals surface area contributed by atoms with E-state index >= 15 is 0 Å². The number of benzene rings is 1. The van der Waals surface area contributed by atoms with Gasteiger partial charge in [-0.05, 0) is 49.0 Å². The molecule has 0 atom stereocenters. The lowest BCUT2D eigenvalue weighted by Gasteiger charge is -2.24. The van der Waals surface area contributed by atoms with Gasteiger partial charge in [0.1, 0.15) is 0 Å². The molecule has 0 unspecified atom stereocenters. The predicted octanol–water partition coefficient (Wildman–Crippen LogP) is 7.26. The zero-order valence-corrected chi connectivity index (χ0v) is 16.8. The van der Waals surface area contributed by atoms with E-state index in [1.54, 1.807) is 6.07 Å². The van der Waals surface area contributed by atoms with Gasteiger partial charge in [-0.3, -0.25) is 4.90 Å². The van der Waals surface area contributed by atoms with Crippen LogP contribution in [-0.2, 0) is 12.7 Å². The smallest absolute Gasteiger partial charge is 0.299 e. The van der Waals surface area contributed by atoms with Crippen molar-refractivity contribution < 1.29 is 13.2 Å². The van der Waals surface area contributed by atoms with E-state index in [4.69, 9.17) is 0 Å². The fraction of sp³-hybridized carbons (Fsp3) is 0.714. The normalized spacial score (nSPS) is 11.6. The Balaban J connectivity index is 0.00000277. The molecule has 0 bridgehead atoms. The Morgan fingerprint density at radius 2 is 1.60 bits per heavy atom. The highest BCUT2D eigenvalue weighted by atomic mass is 19.4. The van der Waals surface area contributed by atoms with Crippen molar-refractivity contribution in [2.24, 2.45) is 0 Å². The highest BCUT2D eigenvalue weighted by Gasteiger charge is 2.34. The Bertz CT molecular complexity index is 467. The zero-order chi connectivity index (χ0) is 19.5. The number of halogens is 3. The van der Waals surface area contributed by atoms with Crippen LogP contribution in [0.4, 0.5) is 13.2 Å². The first-order valence-electron chi connectivity index (χ1n) is 9.71. The van der Waals surface area contributed by atoms with Gasteiger partial charge in [0, 0.05) is 6.54 Å². The van der Waals surface area contributed by atoms with E-state index in [9.17, 15) is 13.2 Å². The monoisotopic (exact) mass is 359 g/mol. The number of nitrogens with zero attached hydrogens (tertiary/aromatic N) is 1. The molecule has 1 nitrogen and oxygen atoms in total.